The monoisotopic (exact) mass is 349 g/mol. The molecule has 5 nitrogen and oxygen atoms in total. The van der Waals surface area contributed by atoms with Crippen LogP contribution in [0.25, 0.3) is 6.08 Å². The van der Waals surface area contributed by atoms with E-state index in [1.54, 1.807) is 13.0 Å². The molecule has 0 amide bonds. The number of hydrogen-bond donors (Lipinski definition) is 0. The van der Waals surface area contributed by atoms with E-state index in [0.717, 1.165) is 11.1 Å². The molecule has 2 aromatic carbocycles. The summed E-state index contributed by atoms with van der Waals surface area (Å²) >= 11 is 0. The van der Waals surface area contributed by atoms with E-state index in [2.05, 4.69) is 9.73 Å². The second kappa shape index (κ2) is 7.78. The van der Waals surface area contributed by atoms with Crippen molar-refractivity contribution in [2.45, 2.75) is 13.5 Å². The number of hydrogen-bond acceptors (Lipinski definition) is 5. The van der Waals surface area contributed by atoms with Gasteiger partial charge in [0, 0.05) is 5.71 Å². The Morgan fingerprint density at radius 1 is 1.15 bits per heavy atom. The van der Waals surface area contributed by atoms with Crippen LogP contribution in [0.3, 0.4) is 0 Å². The van der Waals surface area contributed by atoms with Gasteiger partial charge in [-0.05, 0) is 36.3 Å². The topological polar surface area (TPSA) is 65.0 Å². The van der Waals surface area contributed by atoms with Gasteiger partial charge in [-0.1, -0.05) is 42.5 Å². The lowest BCUT2D eigenvalue weighted by Crippen LogP contribution is -2.27. The zero-order valence-electron chi connectivity index (χ0n) is 14.6. The van der Waals surface area contributed by atoms with Crippen LogP contribution in [0.2, 0.25) is 0 Å². The van der Waals surface area contributed by atoms with Crippen LogP contribution >= 0.6 is 0 Å². The number of carbonyl (C=O) groups is 2. The zero-order chi connectivity index (χ0) is 18.5. The third-order valence-electron chi connectivity index (χ3n) is 4.08. The molecule has 0 aromatic heterocycles. The van der Waals surface area contributed by atoms with Gasteiger partial charge in [0.05, 0.1) is 7.11 Å². The second-order valence-corrected chi connectivity index (χ2v) is 5.95. The van der Waals surface area contributed by atoms with Crippen molar-refractivity contribution >= 4 is 23.5 Å². The Morgan fingerprint density at radius 3 is 2.65 bits per heavy atom. The quantitative estimate of drug-likeness (QED) is 0.471. The van der Waals surface area contributed by atoms with Gasteiger partial charge in [-0.15, -0.1) is 0 Å². The van der Waals surface area contributed by atoms with Gasteiger partial charge < -0.3 is 9.47 Å². The Morgan fingerprint density at radius 2 is 1.92 bits per heavy atom. The van der Waals surface area contributed by atoms with Crippen molar-refractivity contribution in [2.24, 2.45) is 10.9 Å². The summed E-state index contributed by atoms with van der Waals surface area (Å²) in [5, 5.41) is 0. The molecule has 0 bridgehead atoms. The van der Waals surface area contributed by atoms with Gasteiger partial charge in [0.2, 0.25) is 5.78 Å². The number of aliphatic imine (C=N–C) groups is 1. The van der Waals surface area contributed by atoms with Gasteiger partial charge >= 0.3 is 5.97 Å². The summed E-state index contributed by atoms with van der Waals surface area (Å²) in [6.07, 6.45) is 1.66. The maximum absolute atomic E-state index is 12.4. The van der Waals surface area contributed by atoms with Crippen molar-refractivity contribution < 1.29 is 19.1 Å². The first-order valence-corrected chi connectivity index (χ1v) is 8.24. The summed E-state index contributed by atoms with van der Waals surface area (Å²) in [4.78, 5) is 28.4. The largest absolute Gasteiger partial charge is 0.489 e. The van der Waals surface area contributed by atoms with Crippen molar-refractivity contribution in [2.75, 3.05) is 7.11 Å². The van der Waals surface area contributed by atoms with Crippen LogP contribution in [0.5, 0.6) is 5.75 Å². The number of Topliss-reactive ketones (excluding diaryl/α,β-unsaturated/α-hetero) is 1. The minimum absolute atomic E-state index is 0.248. The highest BCUT2D eigenvalue weighted by Gasteiger charge is 2.37. The summed E-state index contributed by atoms with van der Waals surface area (Å²) in [6.45, 7) is 2.11. The summed E-state index contributed by atoms with van der Waals surface area (Å²) in [5.41, 5.74) is 2.55. The molecule has 2 aromatic rings. The number of nitrogens with zero attached hydrogens (tertiary/aromatic N) is 1. The van der Waals surface area contributed by atoms with E-state index < -0.39 is 11.9 Å². The number of carbonyl (C=O) groups excluding carboxylic acids is 2. The van der Waals surface area contributed by atoms with Gasteiger partial charge in [-0.2, -0.15) is 0 Å². The van der Waals surface area contributed by atoms with Crippen molar-refractivity contribution in [3.8, 4) is 5.75 Å². The standard InChI is InChI=1S/C21H19NO4/c1-14-19(21(24)25-2)20(23)18(22-14)12-16-9-6-10-17(11-16)26-13-15-7-4-3-5-8-15/h3-12,19H,13H2,1-2H3/b18-12+. The Balaban J connectivity index is 1.75. The minimum atomic E-state index is -0.941. The van der Waals surface area contributed by atoms with Gasteiger partial charge in [0.25, 0.3) is 0 Å². The van der Waals surface area contributed by atoms with E-state index in [-0.39, 0.29) is 11.5 Å². The van der Waals surface area contributed by atoms with E-state index in [1.165, 1.54) is 7.11 Å². The maximum Gasteiger partial charge on any atom is 0.322 e. The summed E-state index contributed by atoms with van der Waals surface area (Å²) in [6, 6.07) is 17.3. The Hall–Kier alpha value is -3.21. The minimum Gasteiger partial charge on any atom is -0.489 e. The predicted octanol–water partition coefficient (Wildman–Crippen LogP) is 3.44. The number of ether oxygens (including phenoxy) is 2. The molecule has 0 aliphatic carbocycles. The third kappa shape index (κ3) is 3.88. The highest BCUT2D eigenvalue weighted by atomic mass is 16.5. The fourth-order valence-electron chi connectivity index (χ4n) is 2.74. The van der Waals surface area contributed by atoms with Crippen LogP contribution in [0.4, 0.5) is 0 Å². The summed E-state index contributed by atoms with van der Waals surface area (Å²) in [7, 11) is 1.26. The molecule has 1 heterocycles. The highest BCUT2D eigenvalue weighted by Crippen LogP contribution is 2.24. The molecule has 0 N–H and O–H groups in total. The van der Waals surface area contributed by atoms with E-state index in [9.17, 15) is 9.59 Å². The molecule has 1 aliphatic heterocycles. The molecule has 1 unspecified atom stereocenters. The number of rotatable bonds is 5. The lowest BCUT2D eigenvalue weighted by atomic mass is 10.0. The van der Waals surface area contributed by atoms with Gasteiger partial charge in [0.15, 0.2) is 5.92 Å². The molecule has 26 heavy (non-hydrogen) atoms. The third-order valence-corrected chi connectivity index (χ3v) is 4.08. The number of ketones is 1. The lowest BCUT2D eigenvalue weighted by Gasteiger charge is -2.07. The highest BCUT2D eigenvalue weighted by molar-refractivity contribution is 6.28. The molecule has 132 valence electrons. The van der Waals surface area contributed by atoms with Crippen LogP contribution < -0.4 is 4.74 Å². The Kier molecular flexibility index (Phi) is 5.27. The van der Waals surface area contributed by atoms with Gasteiger partial charge in [0.1, 0.15) is 18.1 Å². The van der Waals surface area contributed by atoms with Crippen molar-refractivity contribution in [1.82, 2.24) is 0 Å². The lowest BCUT2D eigenvalue weighted by molar-refractivity contribution is -0.145. The Labute approximate surface area is 152 Å². The SMILES string of the molecule is COC(=O)C1C(=O)/C(=C\c2cccc(OCc3ccccc3)c2)N=C1C. The molecule has 5 heteroatoms. The van der Waals surface area contributed by atoms with E-state index in [4.69, 9.17) is 4.74 Å². The molecular formula is C21H19NO4. The molecule has 0 saturated heterocycles. The van der Waals surface area contributed by atoms with E-state index >= 15 is 0 Å². The molecule has 1 atom stereocenters. The molecule has 3 rings (SSSR count). The van der Waals surface area contributed by atoms with E-state index in [0.29, 0.717) is 18.1 Å². The average molecular weight is 349 g/mol. The predicted molar refractivity (Wildman–Crippen MR) is 98.8 cm³/mol. The number of methoxy groups -OCH3 is 1. The molecule has 0 spiro atoms. The van der Waals surface area contributed by atoms with Crippen molar-refractivity contribution in [3.63, 3.8) is 0 Å². The number of esters is 1. The first-order chi connectivity index (χ1) is 12.6. The van der Waals surface area contributed by atoms with Crippen LogP contribution in [-0.4, -0.2) is 24.6 Å². The van der Waals surface area contributed by atoms with Gasteiger partial charge in [-0.25, -0.2) is 0 Å². The van der Waals surface area contributed by atoms with Crippen LogP contribution in [-0.2, 0) is 20.9 Å². The second-order valence-electron chi connectivity index (χ2n) is 5.95. The first-order valence-electron chi connectivity index (χ1n) is 8.24. The van der Waals surface area contributed by atoms with Crippen molar-refractivity contribution in [1.29, 1.82) is 0 Å². The molecular weight excluding hydrogens is 330 g/mol. The average Bonchev–Trinajstić information content (AvgIpc) is 2.94. The molecule has 0 fully saturated rings. The zero-order valence-corrected chi connectivity index (χ0v) is 14.6. The molecule has 1 aliphatic rings. The summed E-state index contributed by atoms with van der Waals surface area (Å²) < 4.78 is 10.5. The van der Waals surface area contributed by atoms with Crippen molar-refractivity contribution in [3.05, 3.63) is 71.4 Å². The number of benzene rings is 2. The fourth-order valence-corrected chi connectivity index (χ4v) is 2.74. The first kappa shape index (κ1) is 17.6. The number of allylic oxidation sites excluding steroid dienone is 1. The van der Waals surface area contributed by atoms with Crippen LogP contribution in [0.1, 0.15) is 18.1 Å². The molecule has 0 saturated carbocycles. The summed E-state index contributed by atoms with van der Waals surface area (Å²) in [5.74, 6) is -1.17. The normalized spacial score (nSPS) is 17.9. The van der Waals surface area contributed by atoms with Crippen LogP contribution in [0, 0.1) is 5.92 Å². The fraction of sp³-hybridized carbons (Fsp3) is 0.190. The smallest absolute Gasteiger partial charge is 0.322 e. The van der Waals surface area contributed by atoms with E-state index in [1.807, 2.05) is 54.6 Å². The maximum atomic E-state index is 12.4. The Bertz CT molecular complexity index is 884. The van der Waals surface area contributed by atoms with Gasteiger partial charge in [-0.3, -0.25) is 14.6 Å². The molecule has 0 radical (unpaired) electrons. The van der Waals surface area contributed by atoms with Crippen LogP contribution in [0.15, 0.2) is 65.3 Å².